The van der Waals surface area contributed by atoms with E-state index >= 15 is 0 Å². The first-order valence-corrected chi connectivity index (χ1v) is 5.74. The van der Waals surface area contributed by atoms with Gasteiger partial charge in [-0.3, -0.25) is 10.1 Å². The number of hydrogen-bond donors (Lipinski definition) is 0. The van der Waals surface area contributed by atoms with Gasteiger partial charge < -0.3 is 9.47 Å². The van der Waals surface area contributed by atoms with E-state index in [4.69, 9.17) is 4.74 Å². The predicted molar refractivity (Wildman–Crippen MR) is 68.5 cm³/mol. The summed E-state index contributed by atoms with van der Waals surface area (Å²) in [6, 6.07) is 5.49. The summed E-state index contributed by atoms with van der Waals surface area (Å²) in [6.45, 7) is -2.97. The maximum absolute atomic E-state index is 12.2. The van der Waals surface area contributed by atoms with Gasteiger partial charge in [-0.05, 0) is 12.1 Å². The molecule has 0 aliphatic carbocycles. The predicted octanol–water partition coefficient (Wildman–Crippen LogP) is 2.61. The zero-order chi connectivity index (χ0) is 15.6. The Labute approximate surface area is 117 Å². The summed E-state index contributed by atoms with van der Waals surface area (Å²) in [5.74, 6) is -0.0396. The zero-order valence-corrected chi connectivity index (χ0v) is 11.1. The zero-order valence-electron chi connectivity index (χ0n) is 11.1. The number of rotatable bonds is 5. The monoisotopic (exact) mass is 299 g/mol. The number of methoxy groups -OCH3 is 1. The largest absolute Gasteiger partial charge is 0.490 e. The summed E-state index contributed by atoms with van der Waals surface area (Å²) >= 11 is 0. The molecule has 1 aromatic heterocycles. The normalized spacial score (nSPS) is 10.7. The topological polar surface area (TPSA) is 79.4 Å². The summed E-state index contributed by atoms with van der Waals surface area (Å²) in [7, 11) is 2.75. The molecule has 0 saturated heterocycles. The Morgan fingerprint density at radius 1 is 1.38 bits per heavy atom. The van der Waals surface area contributed by atoms with Crippen molar-refractivity contribution in [3.63, 3.8) is 0 Å². The Morgan fingerprint density at radius 3 is 2.67 bits per heavy atom. The number of nitrogens with zero attached hydrogens (tertiary/aromatic N) is 3. The van der Waals surface area contributed by atoms with Crippen molar-refractivity contribution >= 4 is 5.69 Å². The van der Waals surface area contributed by atoms with Crippen LogP contribution in [-0.2, 0) is 7.05 Å². The molecule has 0 N–H and O–H groups in total. The molecule has 21 heavy (non-hydrogen) atoms. The van der Waals surface area contributed by atoms with Gasteiger partial charge in [0.15, 0.2) is 5.75 Å². The van der Waals surface area contributed by atoms with E-state index in [0.29, 0.717) is 5.56 Å². The summed E-state index contributed by atoms with van der Waals surface area (Å²) in [4.78, 5) is 10.4. The van der Waals surface area contributed by atoms with E-state index in [1.807, 2.05) is 0 Å². The fourth-order valence-electron chi connectivity index (χ4n) is 1.78. The molecule has 1 heterocycles. The molecule has 0 aliphatic rings. The first-order chi connectivity index (χ1) is 9.92. The third-order valence-electron chi connectivity index (χ3n) is 2.72. The van der Waals surface area contributed by atoms with Crippen LogP contribution < -0.4 is 9.47 Å². The van der Waals surface area contributed by atoms with Crippen LogP contribution in [-0.4, -0.2) is 28.4 Å². The van der Waals surface area contributed by atoms with Crippen LogP contribution in [0.2, 0.25) is 0 Å². The minimum absolute atomic E-state index is 0.101. The number of halogens is 2. The molecule has 0 saturated carbocycles. The minimum Gasteiger partial charge on any atom is -0.490 e. The lowest BCUT2D eigenvalue weighted by molar-refractivity contribution is -0.385. The number of nitro benzene ring substituents is 1. The molecule has 0 amide bonds. The van der Waals surface area contributed by atoms with Crippen LogP contribution in [0.5, 0.6) is 11.6 Å². The lowest BCUT2D eigenvalue weighted by Crippen LogP contribution is -2.05. The van der Waals surface area contributed by atoms with Gasteiger partial charge in [-0.15, -0.1) is 0 Å². The summed E-state index contributed by atoms with van der Waals surface area (Å²) in [5.41, 5.74) is 0.429. The maximum atomic E-state index is 12.2. The van der Waals surface area contributed by atoms with Gasteiger partial charge in [-0.2, -0.15) is 13.9 Å². The van der Waals surface area contributed by atoms with E-state index in [0.717, 1.165) is 4.68 Å². The van der Waals surface area contributed by atoms with E-state index < -0.39 is 11.5 Å². The number of ether oxygens (including phenoxy) is 2. The molecule has 0 radical (unpaired) electrons. The van der Waals surface area contributed by atoms with Gasteiger partial charge >= 0.3 is 12.3 Å². The van der Waals surface area contributed by atoms with E-state index in [1.165, 1.54) is 32.4 Å². The molecule has 0 atom stereocenters. The molecule has 9 heteroatoms. The van der Waals surface area contributed by atoms with Gasteiger partial charge in [0.2, 0.25) is 5.88 Å². The van der Waals surface area contributed by atoms with Crippen molar-refractivity contribution in [2.24, 2.45) is 7.05 Å². The van der Waals surface area contributed by atoms with Crippen LogP contribution >= 0.6 is 0 Å². The molecule has 0 spiro atoms. The van der Waals surface area contributed by atoms with Crippen molar-refractivity contribution in [3.05, 3.63) is 34.4 Å². The van der Waals surface area contributed by atoms with Gasteiger partial charge in [0.25, 0.3) is 0 Å². The molecule has 2 aromatic rings. The summed E-state index contributed by atoms with van der Waals surface area (Å²) in [5, 5.41) is 14.9. The molecular weight excluding hydrogens is 288 g/mol. The Morgan fingerprint density at radius 2 is 2.10 bits per heavy atom. The third kappa shape index (κ3) is 3.07. The maximum Gasteiger partial charge on any atom is 0.388 e. The summed E-state index contributed by atoms with van der Waals surface area (Å²) in [6.07, 6.45) is 0. The van der Waals surface area contributed by atoms with E-state index in [9.17, 15) is 18.9 Å². The second-order valence-corrected chi connectivity index (χ2v) is 4.01. The Balaban J connectivity index is 2.43. The highest BCUT2D eigenvalue weighted by molar-refractivity contribution is 5.66. The van der Waals surface area contributed by atoms with Crippen LogP contribution in [0.15, 0.2) is 24.3 Å². The Kier molecular flexibility index (Phi) is 4.01. The molecule has 7 nitrogen and oxygen atoms in total. The second-order valence-electron chi connectivity index (χ2n) is 4.01. The third-order valence-corrected chi connectivity index (χ3v) is 2.72. The lowest BCUT2D eigenvalue weighted by atomic mass is 10.1. The van der Waals surface area contributed by atoms with Crippen LogP contribution in [0.25, 0.3) is 11.3 Å². The quantitative estimate of drug-likeness (QED) is 0.626. The molecule has 112 valence electrons. The van der Waals surface area contributed by atoms with Gasteiger partial charge in [0, 0.05) is 24.7 Å². The highest BCUT2D eigenvalue weighted by Gasteiger charge is 2.18. The van der Waals surface area contributed by atoms with Crippen molar-refractivity contribution in [2.45, 2.75) is 6.61 Å². The average molecular weight is 299 g/mol. The Bertz CT molecular complexity index is 673. The fraction of sp³-hybridized carbons (Fsp3) is 0.250. The van der Waals surface area contributed by atoms with Crippen LogP contribution in [0.1, 0.15) is 0 Å². The van der Waals surface area contributed by atoms with E-state index in [2.05, 4.69) is 9.84 Å². The number of nitro groups is 1. The lowest BCUT2D eigenvalue weighted by Gasteiger charge is -2.02. The molecule has 0 aliphatic heterocycles. The molecular formula is C12H11F2N3O4. The van der Waals surface area contributed by atoms with E-state index in [1.54, 1.807) is 6.07 Å². The first kappa shape index (κ1) is 14.7. The highest BCUT2D eigenvalue weighted by atomic mass is 19.3. The minimum atomic E-state index is -2.97. The van der Waals surface area contributed by atoms with Crippen molar-refractivity contribution < 1.29 is 23.2 Å². The number of aromatic nitrogens is 2. The van der Waals surface area contributed by atoms with Crippen LogP contribution in [0.4, 0.5) is 14.5 Å². The molecule has 0 fully saturated rings. The van der Waals surface area contributed by atoms with Crippen molar-refractivity contribution in [1.29, 1.82) is 0 Å². The van der Waals surface area contributed by atoms with Crippen LogP contribution in [0, 0.1) is 10.1 Å². The second kappa shape index (κ2) is 5.73. The number of benzene rings is 1. The molecule has 0 unspecified atom stereocenters. The average Bonchev–Trinajstić information content (AvgIpc) is 2.78. The number of hydrogen-bond acceptors (Lipinski definition) is 5. The summed E-state index contributed by atoms with van der Waals surface area (Å²) < 4.78 is 34.7. The van der Waals surface area contributed by atoms with E-state index in [-0.39, 0.29) is 23.0 Å². The van der Waals surface area contributed by atoms with Gasteiger partial charge in [0.05, 0.1) is 17.7 Å². The van der Waals surface area contributed by atoms with Crippen molar-refractivity contribution in [1.82, 2.24) is 9.78 Å². The molecule has 0 bridgehead atoms. The SMILES string of the molecule is COc1ccc(-c2cc(OC(F)F)n(C)n2)cc1[N+](=O)[O-]. The standard InChI is InChI=1S/C12H11F2N3O4/c1-16-11(21-12(13)14)6-8(15-16)7-3-4-10(20-2)9(5-7)17(18)19/h3-6,12H,1-2H3. The highest BCUT2D eigenvalue weighted by Crippen LogP contribution is 2.32. The van der Waals surface area contributed by atoms with Crippen molar-refractivity contribution in [2.75, 3.05) is 7.11 Å². The molecule has 1 aromatic carbocycles. The number of aryl methyl sites for hydroxylation is 1. The van der Waals surface area contributed by atoms with Gasteiger partial charge in [-0.25, -0.2) is 4.68 Å². The number of alkyl halides is 2. The van der Waals surface area contributed by atoms with Crippen LogP contribution in [0.3, 0.4) is 0 Å². The smallest absolute Gasteiger partial charge is 0.388 e. The van der Waals surface area contributed by atoms with Gasteiger partial charge in [-0.1, -0.05) is 0 Å². The molecule has 2 rings (SSSR count). The fourth-order valence-corrected chi connectivity index (χ4v) is 1.78. The Hall–Kier alpha value is -2.71. The van der Waals surface area contributed by atoms with Gasteiger partial charge in [0.1, 0.15) is 0 Å². The first-order valence-electron chi connectivity index (χ1n) is 5.74. The van der Waals surface area contributed by atoms with Crippen molar-refractivity contribution in [3.8, 4) is 22.9 Å².